The fraction of sp³-hybridized carbons (Fsp3) is 0.217. The number of aromatic nitrogens is 2. The Morgan fingerprint density at radius 3 is 2.46 bits per heavy atom. The third-order valence-corrected chi connectivity index (χ3v) is 4.81. The maximum Gasteiger partial charge on any atom is 0.260 e. The molecule has 2 heterocycles. The Labute approximate surface area is 152 Å². The highest BCUT2D eigenvalue weighted by atomic mass is 16.1. The van der Waals surface area contributed by atoms with Gasteiger partial charge in [-0.2, -0.15) is 0 Å². The maximum atomic E-state index is 13.3. The van der Waals surface area contributed by atoms with Gasteiger partial charge in [0.2, 0.25) is 0 Å². The van der Waals surface area contributed by atoms with Gasteiger partial charge >= 0.3 is 0 Å². The SMILES string of the molecule is CC(C)CCn1c(=O)c(-c2ccc3ccccc3n2)cc2ccccc21. The number of hydrogen-bond acceptors (Lipinski definition) is 2. The van der Waals surface area contributed by atoms with Crippen molar-refractivity contribution in [3.8, 4) is 11.3 Å². The van der Waals surface area contributed by atoms with Gasteiger partial charge in [0.15, 0.2) is 0 Å². The van der Waals surface area contributed by atoms with E-state index in [-0.39, 0.29) is 5.56 Å². The van der Waals surface area contributed by atoms with E-state index >= 15 is 0 Å². The maximum absolute atomic E-state index is 13.3. The van der Waals surface area contributed by atoms with Crippen LogP contribution < -0.4 is 5.56 Å². The lowest BCUT2D eigenvalue weighted by atomic mass is 10.1. The van der Waals surface area contributed by atoms with Crippen LogP contribution in [0.25, 0.3) is 33.1 Å². The number of pyridine rings is 2. The second kappa shape index (κ2) is 6.75. The van der Waals surface area contributed by atoms with E-state index in [1.54, 1.807) is 0 Å². The largest absolute Gasteiger partial charge is 0.308 e. The first-order valence-corrected chi connectivity index (χ1v) is 9.12. The van der Waals surface area contributed by atoms with Gasteiger partial charge in [0.25, 0.3) is 5.56 Å². The van der Waals surface area contributed by atoms with Crippen LogP contribution in [0.5, 0.6) is 0 Å². The number of aryl methyl sites for hydroxylation is 1. The molecule has 26 heavy (non-hydrogen) atoms. The third-order valence-electron chi connectivity index (χ3n) is 4.81. The molecule has 0 aliphatic heterocycles. The Morgan fingerprint density at radius 2 is 1.65 bits per heavy atom. The molecule has 0 bridgehead atoms. The molecule has 0 radical (unpaired) electrons. The summed E-state index contributed by atoms with van der Waals surface area (Å²) in [5.74, 6) is 0.545. The van der Waals surface area contributed by atoms with E-state index in [9.17, 15) is 4.79 Å². The molecule has 0 N–H and O–H groups in total. The van der Waals surface area contributed by atoms with Crippen LogP contribution in [-0.2, 0) is 6.54 Å². The molecule has 0 aliphatic carbocycles. The van der Waals surface area contributed by atoms with Crippen LogP contribution in [-0.4, -0.2) is 9.55 Å². The first-order valence-electron chi connectivity index (χ1n) is 9.12. The quantitative estimate of drug-likeness (QED) is 0.507. The Balaban J connectivity index is 1.93. The molecule has 4 rings (SSSR count). The number of para-hydroxylation sites is 2. The second-order valence-electron chi connectivity index (χ2n) is 7.15. The summed E-state index contributed by atoms with van der Waals surface area (Å²) in [4.78, 5) is 18.0. The average Bonchev–Trinajstić information content (AvgIpc) is 2.66. The van der Waals surface area contributed by atoms with Gasteiger partial charge in [-0.1, -0.05) is 56.3 Å². The van der Waals surface area contributed by atoms with Gasteiger partial charge in [-0.15, -0.1) is 0 Å². The molecule has 3 nitrogen and oxygen atoms in total. The molecule has 0 atom stereocenters. The zero-order chi connectivity index (χ0) is 18.1. The molecule has 0 fully saturated rings. The fourth-order valence-corrected chi connectivity index (χ4v) is 3.34. The van der Waals surface area contributed by atoms with Crippen LogP contribution in [0, 0.1) is 5.92 Å². The summed E-state index contributed by atoms with van der Waals surface area (Å²) in [5.41, 5.74) is 3.33. The minimum atomic E-state index is 0.0344. The minimum absolute atomic E-state index is 0.0344. The Morgan fingerprint density at radius 1 is 0.923 bits per heavy atom. The summed E-state index contributed by atoms with van der Waals surface area (Å²) >= 11 is 0. The summed E-state index contributed by atoms with van der Waals surface area (Å²) in [6, 6.07) is 22.0. The van der Waals surface area contributed by atoms with Crippen molar-refractivity contribution < 1.29 is 0 Å². The molecule has 3 heteroatoms. The summed E-state index contributed by atoms with van der Waals surface area (Å²) in [5, 5.41) is 2.15. The van der Waals surface area contributed by atoms with Gasteiger partial charge in [-0.3, -0.25) is 4.79 Å². The molecule has 2 aromatic carbocycles. The number of rotatable bonds is 4. The van der Waals surface area contributed by atoms with Gasteiger partial charge in [0.1, 0.15) is 0 Å². The monoisotopic (exact) mass is 342 g/mol. The van der Waals surface area contributed by atoms with Crippen molar-refractivity contribution >= 4 is 21.8 Å². The van der Waals surface area contributed by atoms with Crippen LogP contribution in [0.1, 0.15) is 20.3 Å². The average molecular weight is 342 g/mol. The van der Waals surface area contributed by atoms with Gasteiger partial charge in [0, 0.05) is 11.9 Å². The third kappa shape index (κ3) is 3.01. The second-order valence-corrected chi connectivity index (χ2v) is 7.15. The lowest BCUT2D eigenvalue weighted by Gasteiger charge is -2.14. The van der Waals surface area contributed by atoms with E-state index < -0.39 is 0 Å². The molecule has 2 aromatic heterocycles. The number of fused-ring (bicyclic) bond motifs is 2. The summed E-state index contributed by atoms with van der Waals surface area (Å²) in [6.07, 6.45) is 0.971. The molecule has 0 spiro atoms. The molecule has 0 unspecified atom stereocenters. The topological polar surface area (TPSA) is 34.9 Å². The predicted molar refractivity (Wildman–Crippen MR) is 108 cm³/mol. The number of hydrogen-bond donors (Lipinski definition) is 0. The van der Waals surface area contributed by atoms with E-state index in [4.69, 9.17) is 4.98 Å². The first kappa shape index (κ1) is 16.5. The molecular formula is C23H22N2O. The summed E-state index contributed by atoms with van der Waals surface area (Å²) < 4.78 is 1.90. The van der Waals surface area contributed by atoms with Gasteiger partial charge in [-0.05, 0) is 42.0 Å². The fourth-order valence-electron chi connectivity index (χ4n) is 3.34. The van der Waals surface area contributed by atoms with Crippen molar-refractivity contribution in [2.24, 2.45) is 5.92 Å². The summed E-state index contributed by atoms with van der Waals surface area (Å²) in [6.45, 7) is 5.09. The van der Waals surface area contributed by atoms with Gasteiger partial charge in [0.05, 0.1) is 22.3 Å². The zero-order valence-corrected chi connectivity index (χ0v) is 15.1. The smallest absolute Gasteiger partial charge is 0.260 e. The van der Waals surface area contributed by atoms with Crippen molar-refractivity contribution in [1.82, 2.24) is 9.55 Å². The van der Waals surface area contributed by atoms with Crippen molar-refractivity contribution in [2.45, 2.75) is 26.8 Å². The Kier molecular flexibility index (Phi) is 4.29. The van der Waals surface area contributed by atoms with Crippen LogP contribution >= 0.6 is 0 Å². The number of benzene rings is 2. The normalized spacial score (nSPS) is 11.5. The molecule has 0 saturated heterocycles. The van der Waals surface area contributed by atoms with Crippen molar-refractivity contribution in [2.75, 3.05) is 0 Å². The van der Waals surface area contributed by atoms with E-state index in [1.165, 1.54) is 0 Å². The zero-order valence-electron chi connectivity index (χ0n) is 15.1. The molecule has 0 aliphatic rings. The van der Waals surface area contributed by atoms with Crippen molar-refractivity contribution in [3.63, 3.8) is 0 Å². The number of nitrogens with zero attached hydrogens (tertiary/aromatic N) is 2. The predicted octanol–water partition coefficient (Wildman–Crippen LogP) is 5.26. The summed E-state index contributed by atoms with van der Waals surface area (Å²) in [7, 11) is 0. The first-order chi connectivity index (χ1) is 12.6. The highest BCUT2D eigenvalue weighted by molar-refractivity contribution is 5.86. The Hall–Kier alpha value is -2.94. The van der Waals surface area contributed by atoms with E-state index in [0.717, 1.165) is 40.5 Å². The molecule has 0 amide bonds. The molecule has 0 saturated carbocycles. The molecule has 130 valence electrons. The van der Waals surface area contributed by atoms with Crippen LogP contribution in [0.3, 0.4) is 0 Å². The van der Waals surface area contributed by atoms with Gasteiger partial charge in [-0.25, -0.2) is 4.98 Å². The standard InChI is InChI=1S/C23H22N2O/c1-16(2)13-14-25-22-10-6-4-8-18(22)15-19(23(25)26)21-12-11-17-7-3-5-9-20(17)24-21/h3-12,15-16H,13-14H2,1-2H3. The highest BCUT2D eigenvalue weighted by Gasteiger charge is 2.12. The highest BCUT2D eigenvalue weighted by Crippen LogP contribution is 2.22. The van der Waals surface area contributed by atoms with Crippen LogP contribution in [0.15, 0.2) is 71.5 Å². The minimum Gasteiger partial charge on any atom is -0.308 e. The van der Waals surface area contributed by atoms with E-state index in [0.29, 0.717) is 11.5 Å². The Bertz CT molecular complexity index is 1140. The van der Waals surface area contributed by atoms with Crippen molar-refractivity contribution in [3.05, 3.63) is 77.1 Å². The lowest BCUT2D eigenvalue weighted by molar-refractivity contribution is 0.517. The van der Waals surface area contributed by atoms with Crippen molar-refractivity contribution in [1.29, 1.82) is 0 Å². The van der Waals surface area contributed by atoms with E-state index in [2.05, 4.69) is 19.9 Å². The van der Waals surface area contributed by atoms with Crippen LogP contribution in [0.2, 0.25) is 0 Å². The lowest BCUT2D eigenvalue weighted by Crippen LogP contribution is -2.23. The molecule has 4 aromatic rings. The van der Waals surface area contributed by atoms with Crippen LogP contribution in [0.4, 0.5) is 0 Å². The molecular weight excluding hydrogens is 320 g/mol. The van der Waals surface area contributed by atoms with Gasteiger partial charge < -0.3 is 4.57 Å². The van der Waals surface area contributed by atoms with E-state index in [1.807, 2.05) is 65.2 Å².